The molecule has 156 valence electrons. The van der Waals surface area contributed by atoms with Crippen LogP contribution >= 0.6 is 11.6 Å². The Morgan fingerprint density at radius 1 is 0.969 bits per heavy atom. The van der Waals surface area contributed by atoms with E-state index in [-0.39, 0.29) is 18.3 Å². The summed E-state index contributed by atoms with van der Waals surface area (Å²) >= 11 is 6.39. The molecule has 0 bridgehead atoms. The normalized spacial score (nSPS) is 10.4. The standard InChI is InChI=1S/C26H17ClFN3O/c27-24-13-19(18-6-9-23(28)10-7-18)4-5-21(24)15-31-26(32)22-8-11-25(30-16-22)20-3-1-2-17(12-20)14-29/h1-13,16H,15H2,(H,31,32). The highest BCUT2D eigenvalue weighted by atomic mass is 35.5. The fraction of sp³-hybridized carbons (Fsp3) is 0.0385. The summed E-state index contributed by atoms with van der Waals surface area (Å²) in [4.78, 5) is 16.9. The summed E-state index contributed by atoms with van der Waals surface area (Å²) in [6.07, 6.45) is 1.50. The van der Waals surface area contributed by atoms with Crippen LogP contribution in [0, 0.1) is 17.1 Å². The number of nitrogens with one attached hydrogen (secondary N) is 1. The molecule has 0 fully saturated rings. The molecule has 32 heavy (non-hydrogen) atoms. The molecule has 0 radical (unpaired) electrons. The Morgan fingerprint density at radius 2 is 1.75 bits per heavy atom. The van der Waals surface area contributed by atoms with Crippen molar-refractivity contribution in [1.82, 2.24) is 10.3 Å². The van der Waals surface area contributed by atoms with Gasteiger partial charge >= 0.3 is 0 Å². The van der Waals surface area contributed by atoms with Gasteiger partial charge in [-0.05, 0) is 59.2 Å². The van der Waals surface area contributed by atoms with Crippen LogP contribution in [-0.2, 0) is 6.54 Å². The average molecular weight is 442 g/mol. The first kappa shape index (κ1) is 21.2. The molecule has 0 aliphatic carbocycles. The SMILES string of the molecule is N#Cc1cccc(-c2ccc(C(=O)NCc3ccc(-c4ccc(F)cc4)cc3Cl)cn2)c1. The van der Waals surface area contributed by atoms with Gasteiger partial charge in [0.1, 0.15) is 5.82 Å². The van der Waals surface area contributed by atoms with Gasteiger partial charge in [-0.1, -0.05) is 48.0 Å². The van der Waals surface area contributed by atoms with E-state index in [9.17, 15) is 9.18 Å². The maximum Gasteiger partial charge on any atom is 0.253 e. The monoisotopic (exact) mass is 441 g/mol. The molecule has 4 rings (SSSR count). The minimum absolute atomic E-state index is 0.257. The first-order valence-corrected chi connectivity index (χ1v) is 10.2. The van der Waals surface area contributed by atoms with Crippen molar-refractivity contribution < 1.29 is 9.18 Å². The van der Waals surface area contributed by atoms with Gasteiger partial charge in [0.15, 0.2) is 0 Å². The number of pyridine rings is 1. The van der Waals surface area contributed by atoms with Crippen molar-refractivity contribution in [2.45, 2.75) is 6.54 Å². The second kappa shape index (κ2) is 9.42. The third-order valence-electron chi connectivity index (χ3n) is 4.98. The number of aromatic nitrogens is 1. The number of rotatable bonds is 5. The van der Waals surface area contributed by atoms with Crippen molar-refractivity contribution in [3.63, 3.8) is 0 Å². The summed E-state index contributed by atoms with van der Waals surface area (Å²) < 4.78 is 13.1. The van der Waals surface area contributed by atoms with Crippen LogP contribution in [0.1, 0.15) is 21.5 Å². The lowest BCUT2D eigenvalue weighted by Crippen LogP contribution is -2.23. The number of halogens is 2. The molecule has 0 saturated carbocycles. The van der Waals surface area contributed by atoms with Crippen LogP contribution in [0.15, 0.2) is 85.1 Å². The van der Waals surface area contributed by atoms with Gasteiger partial charge in [0.05, 0.1) is 22.9 Å². The largest absolute Gasteiger partial charge is 0.348 e. The predicted molar refractivity (Wildman–Crippen MR) is 122 cm³/mol. The zero-order valence-corrected chi connectivity index (χ0v) is 17.6. The van der Waals surface area contributed by atoms with Crippen LogP contribution < -0.4 is 5.32 Å². The second-order valence-electron chi connectivity index (χ2n) is 7.12. The molecular formula is C26H17ClFN3O. The lowest BCUT2D eigenvalue weighted by molar-refractivity contribution is 0.0950. The molecule has 1 heterocycles. The Hall–Kier alpha value is -4.01. The van der Waals surface area contributed by atoms with Gasteiger partial charge in [-0.2, -0.15) is 5.26 Å². The van der Waals surface area contributed by atoms with Crippen LogP contribution in [0.2, 0.25) is 5.02 Å². The predicted octanol–water partition coefficient (Wildman–Crippen LogP) is 6.01. The summed E-state index contributed by atoms with van der Waals surface area (Å²) in [5.74, 6) is -0.564. The first-order valence-electron chi connectivity index (χ1n) is 9.82. The van der Waals surface area contributed by atoms with Gasteiger partial charge in [0, 0.05) is 23.3 Å². The summed E-state index contributed by atoms with van der Waals surface area (Å²) in [6.45, 7) is 0.257. The zero-order valence-electron chi connectivity index (χ0n) is 16.8. The highest BCUT2D eigenvalue weighted by molar-refractivity contribution is 6.31. The van der Waals surface area contributed by atoms with Crippen LogP contribution in [0.25, 0.3) is 22.4 Å². The Balaban J connectivity index is 1.42. The van der Waals surface area contributed by atoms with Gasteiger partial charge in [-0.3, -0.25) is 9.78 Å². The van der Waals surface area contributed by atoms with Gasteiger partial charge in [0.2, 0.25) is 0 Å². The van der Waals surface area contributed by atoms with Crippen molar-refractivity contribution in [1.29, 1.82) is 5.26 Å². The maximum absolute atomic E-state index is 13.1. The fourth-order valence-electron chi connectivity index (χ4n) is 3.24. The number of carbonyl (C=O) groups is 1. The van der Waals surface area contributed by atoms with E-state index < -0.39 is 0 Å². The van der Waals surface area contributed by atoms with E-state index in [0.717, 1.165) is 22.3 Å². The number of nitrogens with zero attached hydrogens (tertiary/aromatic N) is 2. The van der Waals surface area contributed by atoms with Crippen molar-refractivity contribution in [2.75, 3.05) is 0 Å². The third-order valence-corrected chi connectivity index (χ3v) is 5.33. The van der Waals surface area contributed by atoms with E-state index in [1.54, 1.807) is 48.5 Å². The van der Waals surface area contributed by atoms with Crippen molar-refractivity contribution in [3.8, 4) is 28.5 Å². The number of hydrogen-bond acceptors (Lipinski definition) is 3. The third kappa shape index (κ3) is 4.83. The Morgan fingerprint density at radius 3 is 2.44 bits per heavy atom. The molecule has 0 saturated heterocycles. The lowest BCUT2D eigenvalue weighted by Gasteiger charge is -2.10. The molecule has 3 aromatic carbocycles. The zero-order chi connectivity index (χ0) is 22.5. The van der Waals surface area contributed by atoms with Crippen LogP contribution in [0.3, 0.4) is 0 Å². The number of benzene rings is 3. The van der Waals surface area contributed by atoms with E-state index >= 15 is 0 Å². The van der Waals surface area contributed by atoms with Crippen molar-refractivity contribution >= 4 is 17.5 Å². The topological polar surface area (TPSA) is 65.8 Å². The summed E-state index contributed by atoms with van der Waals surface area (Å²) in [5.41, 5.74) is 4.95. The van der Waals surface area contributed by atoms with Gasteiger partial charge in [-0.25, -0.2) is 4.39 Å². The van der Waals surface area contributed by atoms with E-state index in [4.69, 9.17) is 16.9 Å². The highest BCUT2D eigenvalue weighted by Gasteiger charge is 2.10. The molecular weight excluding hydrogens is 425 g/mol. The molecule has 1 aromatic heterocycles. The molecule has 1 amide bonds. The molecule has 6 heteroatoms. The van der Waals surface area contributed by atoms with E-state index in [1.165, 1.54) is 18.3 Å². The Labute approximate surface area is 189 Å². The maximum atomic E-state index is 13.1. The van der Waals surface area contributed by atoms with Crippen LogP contribution in [-0.4, -0.2) is 10.9 Å². The molecule has 0 unspecified atom stereocenters. The quantitative estimate of drug-likeness (QED) is 0.412. The Kier molecular flexibility index (Phi) is 6.25. The summed E-state index contributed by atoms with van der Waals surface area (Å²) in [5, 5.41) is 12.4. The van der Waals surface area contributed by atoms with Crippen molar-refractivity contribution in [2.24, 2.45) is 0 Å². The summed E-state index contributed by atoms with van der Waals surface area (Å²) in [6, 6.07) is 24.4. The van der Waals surface area contributed by atoms with Crippen molar-refractivity contribution in [3.05, 3.63) is 113 Å². The number of amides is 1. The number of nitriles is 1. The molecule has 0 spiro atoms. The molecule has 1 N–H and O–H groups in total. The highest BCUT2D eigenvalue weighted by Crippen LogP contribution is 2.26. The number of carbonyl (C=O) groups excluding carboxylic acids is 1. The minimum Gasteiger partial charge on any atom is -0.348 e. The second-order valence-corrected chi connectivity index (χ2v) is 7.53. The number of hydrogen-bond donors (Lipinski definition) is 1. The average Bonchev–Trinajstić information content (AvgIpc) is 2.83. The molecule has 0 atom stereocenters. The van der Waals surface area contributed by atoms with E-state index in [1.807, 2.05) is 18.2 Å². The van der Waals surface area contributed by atoms with Gasteiger partial charge in [-0.15, -0.1) is 0 Å². The molecule has 0 aliphatic rings. The molecule has 4 nitrogen and oxygen atoms in total. The summed E-state index contributed by atoms with van der Waals surface area (Å²) in [7, 11) is 0. The Bertz CT molecular complexity index is 1310. The molecule has 0 aliphatic heterocycles. The molecule has 4 aromatic rings. The minimum atomic E-state index is -0.294. The van der Waals surface area contributed by atoms with Gasteiger partial charge < -0.3 is 5.32 Å². The lowest BCUT2D eigenvalue weighted by atomic mass is 10.0. The van der Waals surface area contributed by atoms with Crippen LogP contribution in [0.5, 0.6) is 0 Å². The fourth-order valence-corrected chi connectivity index (χ4v) is 3.48. The first-order chi connectivity index (χ1) is 15.5. The smallest absolute Gasteiger partial charge is 0.253 e. The van der Waals surface area contributed by atoms with E-state index in [2.05, 4.69) is 16.4 Å². The van der Waals surface area contributed by atoms with E-state index in [0.29, 0.717) is 21.8 Å². The van der Waals surface area contributed by atoms with Gasteiger partial charge in [0.25, 0.3) is 5.91 Å². The van der Waals surface area contributed by atoms with Crippen LogP contribution in [0.4, 0.5) is 4.39 Å².